The van der Waals surface area contributed by atoms with Gasteiger partial charge in [-0.2, -0.15) is 4.31 Å². The minimum absolute atomic E-state index is 0.0346. The molecule has 1 rings (SSSR count). The van der Waals surface area contributed by atoms with Gasteiger partial charge in [0, 0.05) is 30.0 Å². The van der Waals surface area contributed by atoms with Gasteiger partial charge in [-0.1, -0.05) is 13.8 Å². The van der Waals surface area contributed by atoms with Crippen molar-refractivity contribution in [1.29, 1.82) is 0 Å². The maximum Gasteiger partial charge on any atom is 0.244 e. The molecule has 0 unspecified atom stereocenters. The van der Waals surface area contributed by atoms with E-state index in [1.54, 1.807) is 18.6 Å². The second-order valence-corrected chi connectivity index (χ2v) is 7.37. The van der Waals surface area contributed by atoms with E-state index in [9.17, 15) is 8.42 Å². The van der Waals surface area contributed by atoms with Gasteiger partial charge >= 0.3 is 0 Å². The number of aliphatic hydroxyl groups is 1. The number of nitrogens with zero attached hydrogens (tertiary/aromatic N) is 1. The number of rotatable bonds is 9. The van der Waals surface area contributed by atoms with Crippen molar-refractivity contribution in [3.8, 4) is 0 Å². The quantitative estimate of drug-likeness (QED) is 0.756. The van der Waals surface area contributed by atoms with Crippen LogP contribution in [0.4, 0.5) is 0 Å². The van der Waals surface area contributed by atoms with E-state index in [-0.39, 0.29) is 17.5 Å². The molecule has 116 valence electrons. The molecule has 0 bridgehead atoms. The smallest absolute Gasteiger partial charge is 0.244 e. The topological polar surface area (TPSA) is 66.8 Å². The Balaban J connectivity index is 3.08. The van der Waals surface area contributed by atoms with Crippen LogP contribution in [-0.4, -0.2) is 44.1 Å². The summed E-state index contributed by atoms with van der Waals surface area (Å²) in [6.45, 7) is 4.54. The van der Waals surface area contributed by atoms with E-state index >= 15 is 0 Å². The molecule has 0 aliphatic rings. The van der Waals surface area contributed by atoms with Crippen LogP contribution in [0.2, 0.25) is 0 Å². The molecule has 1 heterocycles. The zero-order chi connectivity index (χ0) is 15.2. The summed E-state index contributed by atoms with van der Waals surface area (Å²) in [4.78, 5) is 0.911. The van der Waals surface area contributed by atoms with Crippen molar-refractivity contribution in [3.63, 3.8) is 0 Å². The Morgan fingerprint density at radius 1 is 1.40 bits per heavy atom. The van der Waals surface area contributed by atoms with E-state index in [1.807, 2.05) is 13.8 Å². The van der Waals surface area contributed by atoms with Crippen molar-refractivity contribution in [2.24, 2.45) is 0 Å². The number of hydrogen-bond donors (Lipinski definition) is 1. The van der Waals surface area contributed by atoms with Gasteiger partial charge in [0.05, 0.1) is 18.1 Å². The summed E-state index contributed by atoms with van der Waals surface area (Å²) in [6.07, 6.45) is 1.52. The average Bonchev–Trinajstić information content (AvgIpc) is 2.93. The third-order valence-corrected chi connectivity index (χ3v) is 6.26. The summed E-state index contributed by atoms with van der Waals surface area (Å²) in [6, 6.07) is 1.51. The maximum atomic E-state index is 12.7. The zero-order valence-electron chi connectivity index (χ0n) is 12.2. The zero-order valence-corrected chi connectivity index (χ0v) is 13.8. The van der Waals surface area contributed by atoms with Crippen LogP contribution in [-0.2, 0) is 21.4 Å². The van der Waals surface area contributed by atoms with Gasteiger partial charge in [-0.25, -0.2) is 8.42 Å². The lowest BCUT2D eigenvalue weighted by atomic mass is 10.2. The molecule has 0 fully saturated rings. The van der Waals surface area contributed by atoms with Crippen molar-refractivity contribution in [2.45, 2.75) is 44.2 Å². The van der Waals surface area contributed by atoms with Gasteiger partial charge in [0.1, 0.15) is 0 Å². The highest BCUT2D eigenvalue weighted by atomic mass is 32.2. The minimum atomic E-state index is -3.53. The van der Waals surface area contributed by atoms with Crippen molar-refractivity contribution in [3.05, 3.63) is 16.3 Å². The molecule has 1 aromatic heterocycles. The van der Waals surface area contributed by atoms with Gasteiger partial charge < -0.3 is 9.84 Å². The van der Waals surface area contributed by atoms with Crippen LogP contribution in [0.1, 0.15) is 31.6 Å². The van der Waals surface area contributed by atoms with Crippen molar-refractivity contribution in [2.75, 3.05) is 20.3 Å². The molecule has 0 saturated heterocycles. The fraction of sp³-hybridized carbons (Fsp3) is 0.692. The molecule has 0 saturated carbocycles. The molecule has 7 heteroatoms. The number of thiophene rings is 1. The van der Waals surface area contributed by atoms with Crippen LogP contribution >= 0.6 is 11.3 Å². The summed E-state index contributed by atoms with van der Waals surface area (Å²) in [5, 5.41) is 10.7. The van der Waals surface area contributed by atoms with E-state index in [0.717, 1.165) is 12.8 Å². The van der Waals surface area contributed by atoms with Crippen LogP contribution < -0.4 is 0 Å². The van der Waals surface area contributed by atoms with E-state index < -0.39 is 10.0 Å². The monoisotopic (exact) mass is 321 g/mol. The molecular weight excluding hydrogens is 298 g/mol. The Kier molecular flexibility index (Phi) is 7.11. The lowest BCUT2D eigenvalue weighted by Crippen LogP contribution is -2.41. The summed E-state index contributed by atoms with van der Waals surface area (Å²) in [5.74, 6) is 0. The number of hydrogen-bond acceptors (Lipinski definition) is 5. The molecule has 0 atom stereocenters. The van der Waals surface area contributed by atoms with Crippen LogP contribution in [0.5, 0.6) is 0 Å². The summed E-state index contributed by atoms with van der Waals surface area (Å²) >= 11 is 1.26. The third kappa shape index (κ3) is 4.02. The van der Waals surface area contributed by atoms with Crippen molar-refractivity contribution >= 4 is 21.4 Å². The largest absolute Gasteiger partial charge is 0.391 e. The predicted molar refractivity (Wildman–Crippen MR) is 80.4 cm³/mol. The minimum Gasteiger partial charge on any atom is -0.391 e. The highest BCUT2D eigenvalue weighted by Gasteiger charge is 2.30. The maximum absolute atomic E-state index is 12.7. The number of ether oxygens (including phenoxy) is 1. The highest BCUT2D eigenvalue weighted by Crippen LogP contribution is 2.25. The summed E-state index contributed by atoms with van der Waals surface area (Å²) < 4.78 is 32.0. The first kappa shape index (κ1) is 17.6. The first-order chi connectivity index (χ1) is 9.51. The molecule has 1 aromatic rings. The molecule has 5 nitrogen and oxygen atoms in total. The highest BCUT2D eigenvalue weighted by molar-refractivity contribution is 7.89. The normalized spacial score (nSPS) is 12.5. The van der Waals surface area contributed by atoms with Gasteiger partial charge in [0.15, 0.2) is 0 Å². The number of aliphatic hydroxyl groups excluding tert-OH is 1. The van der Waals surface area contributed by atoms with Gasteiger partial charge in [-0.15, -0.1) is 11.3 Å². The number of sulfonamides is 1. The lowest BCUT2D eigenvalue weighted by Gasteiger charge is -2.29. The fourth-order valence-corrected chi connectivity index (χ4v) is 4.97. The Hall–Kier alpha value is -0.470. The lowest BCUT2D eigenvalue weighted by molar-refractivity contribution is 0.163. The van der Waals surface area contributed by atoms with Crippen LogP contribution in [0.25, 0.3) is 0 Å². The second kappa shape index (κ2) is 8.09. The predicted octanol–water partition coefficient (Wildman–Crippen LogP) is 2.07. The Morgan fingerprint density at radius 3 is 2.50 bits per heavy atom. The third-order valence-electron chi connectivity index (χ3n) is 3.26. The van der Waals surface area contributed by atoms with E-state index in [2.05, 4.69) is 0 Å². The van der Waals surface area contributed by atoms with Gasteiger partial charge in [0.25, 0.3) is 0 Å². The summed E-state index contributed by atoms with van der Waals surface area (Å²) in [7, 11) is -1.97. The van der Waals surface area contributed by atoms with Gasteiger partial charge in [-0.3, -0.25) is 0 Å². The van der Waals surface area contributed by atoms with Crippen LogP contribution in [0.3, 0.4) is 0 Å². The van der Waals surface area contributed by atoms with Gasteiger partial charge in [0.2, 0.25) is 10.0 Å². The molecule has 1 N–H and O–H groups in total. The van der Waals surface area contributed by atoms with Gasteiger partial charge in [-0.05, 0) is 18.9 Å². The molecule has 0 amide bonds. The molecule has 20 heavy (non-hydrogen) atoms. The van der Waals surface area contributed by atoms with E-state index in [4.69, 9.17) is 9.84 Å². The Bertz CT molecular complexity index is 494. The molecule has 0 spiro atoms. The van der Waals surface area contributed by atoms with E-state index in [1.165, 1.54) is 15.6 Å². The molecule has 0 aromatic carbocycles. The fourth-order valence-electron chi connectivity index (χ4n) is 2.09. The molecule has 0 aliphatic carbocycles. The Labute approximate surface area is 125 Å². The first-order valence-corrected chi connectivity index (χ1v) is 9.02. The molecule has 0 aliphatic heterocycles. The van der Waals surface area contributed by atoms with Crippen molar-refractivity contribution in [1.82, 2.24) is 4.31 Å². The molecule has 0 radical (unpaired) electrons. The van der Waals surface area contributed by atoms with E-state index in [0.29, 0.717) is 18.0 Å². The SMILES string of the molecule is CCC(CC)N(CCOC)S(=O)(=O)c1csc(CO)c1. The summed E-state index contributed by atoms with van der Waals surface area (Å²) in [5.41, 5.74) is 0. The average molecular weight is 321 g/mol. The number of methoxy groups -OCH3 is 1. The first-order valence-electron chi connectivity index (χ1n) is 6.70. The van der Waals surface area contributed by atoms with Crippen LogP contribution in [0, 0.1) is 0 Å². The standard InChI is InChI=1S/C13H23NO4S2/c1-4-11(5-2)14(6-7-18-3)20(16,17)13-8-12(9-15)19-10-13/h8,10-11,15H,4-7,9H2,1-3H3. The molecular formula is C13H23NO4S2. The van der Waals surface area contributed by atoms with Crippen molar-refractivity contribution < 1.29 is 18.3 Å². The second-order valence-electron chi connectivity index (χ2n) is 4.49. The Morgan fingerprint density at radius 2 is 2.05 bits per heavy atom. The van der Waals surface area contributed by atoms with Crippen LogP contribution in [0.15, 0.2) is 16.3 Å².